The normalized spacial score (nSPS) is 16.7. The molecule has 0 radical (unpaired) electrons. The van der Waals surface area contributed by atoms with Crippen LogP contribution in [0.5, 0.6) is 17.2 Å². The van der Waals surface area contributed by atoms with Crippen LogP contribution >= 0.6 is 0 Å². The molecule has 0 fully saturated rings. The third-order valence-corrected chi connectivity index (χ3v) is 10.1. The maximum Gasteiger partial charge on any atom is 0.252 e. The number of carbonyl (C=O) groups is 1. The molecule has 0 saturated carbocycles. The molecule has 51 heavy (non-hydrogen) atoms. The Morgan fingerprint density at radius 3 is 2.43 bits per heavy atom. The van der Waals surface area contributed by atoms with Crippen molar-refractivity contribution in [1.82, 2.24) is 5.32 Å². The van der Waals surface area contributed by atoms with E-state index >= 15 is 0 Å². The number of nitrogens with one attached hydrogen (secondary N) is 1. The molecule has 1 amide bonds. The molecule has 1 aliphatic rings. The van der Waals surface area contributed by atoms with Gasteiger partial charge in [0.05, 0.1) is 31.5 Å². The molecule has 2 N–H and O–H groups in total. The predicted octanol–water partition coefficient (Wildman–Crippen LogP) is 5.89. The fraction of sp³-hybridized carbons (Fsp3) is 0.297. The third-order valence-electron chi connectivity index (χ3n) is 8.40. The first-order chi connectivity index (χ1) is 24.7. The van der Waals surface area contributed by atoms with E-state index in [9.17, 15) is 18.7 Å². The second-order valence-electron chi connectivity index (χ2n) is 11.6. The molecule has 13 nitrogen and oxygen atoms in total. The van der Waals surface area contributed by atoms with Crippen molar-refractivity contribution >= 4 is 27.3 Å². The van der Waals surface area contributed by atoms with Crippen LogP contribution in [0, 0.1) is 0 Å². The van der Waals surface area contributed by atoms with Gasteiger partial charge >= 0.3 is 0 Å². The summed E-state index contributed by atoms with van der Waals surface area (Å²) in [4.78, 5) is 22.6. The molecule has 14 heteroatoms. The van der Waals surface area contributed by atoms with Crippen molar-refractivity contribution in [1.29, 1.82) is 0 Å². The molecule has 5 rings (SSSR count). The SMILES string of the molecule is COc1ccc(CCNC(=O)[C@]2(CCS(=O)(=O)c3ccccc3)N=C(c3ccc(OCCCO)cc3)O[C@@H]2c2ccccc2N=[N+]=[N-])cc1OC. The predicted molar refractivity (Wildman–Crippen MR) is 191 cm³/mol. The van der Waals surface area contributed by atoms with Crippen molar-refractivity contribution in [3.8, 4) is 17.2 Å². The number of aliphatic hydroxyl groups excluding tert-OH is 1. The Kier molecular flexibility index (Phi) is 12.2. The minimum Gasteiger partial charge on any atom is -0.494 e. The molecule has 1 aliphatic heterocycles. The van der Waals surface area contributed by atoms with Crippen LogP contribution in [0.15, 0.2) is 112 Å². The highest BCUT2D eigenvalue weighted by Gasteiger charge is 2.54. The standard InChI is InChI=1S/C37H39N5O8S/c1-47-32-18-13-26(25-33(32)48-2)19-21-39-36(44)37(20-24-51(45,46)29-9-4-3-5-10-29)34(30-11-6-7-12-31(30)41-42-38)50-35(40-37)27-14-16-28(17-15-27)49-23-8-22-43/h3-7,9-18,25,34,43H,8,19-24H2,1-2H3,(H,39,44)/t34-,37-/m1/s1. The topological polar surface area (TPSA) is 182 Å². The number of azide groups is 1. The first-order valence-electron chi connectivity index (χ1n) is 16.3. The number of aliphatic imine (C=N–C) groups is 1. The monoisotopic (exact) mass is 713 g/mol. The number of aliphatic hydroxyl groups is 1. The van der Waals surface area contributed by atoms with Gasteiger partial charge in [0.25, 0.3) is 5.91 Å². The number of amides is 1. The van der Waals surface area contributed by atoms with Crippen molar-refractivity contribution < 1.29 is 37.3 Å². The molecule has 0 bridgehead atoms. The van der Waals surface area contributed by atoms with E-state index in [4.69, 9.17) is 29.0 Å². The zero-order chi connectivity index (χ0) is 36.3. The molecule has 0 aromatic heterocycles. The molecule has 1 heterocycles. The number of rotatable bonds is 17. The van der Waals surface area contributed by atoms with Crippen molar-refractivity contribution in [2.45, 2.75) is 35.8 Å². The van der Waals surface area contributed by atoms with Gasteiger partial charge in [-0.15, -0.1) is 0 Å². The number of sulfone groups is 1. The highest BCUT2D eigenvalue weighted by atomic mass is 32.2. The molecule has 0 unspecified atom stereocenters. The summed E-state index contributed by atoms with van der Waals surface area (Å²) in [6, 6.07) is 27.0. The smallest absolute Gasteiger partial charge is 0.252 e. The number of methoxy groups -OCH3 is 2. The van der Waals surface area contributed by atoms with Crippen LogP contribution in [0.4, 0.5) is 5.69 Å². The first kappa shape index (κ1) is 36.7. The Hall–Kier alpha value is -5.56. The van der Waals surface area contributed by atoms with Crippen LogP contribution in [0.1, 0.15) is 35.6 Å². The first-order valence-corrected chi connectivity index (χ1v) is 17.9. The van der Waals surface area contributed by atoms with Gasteiger partial charge in [-0.2, -0.15) is 0 Å². The number of hydrogen-bond donors (Lipinski definition) is 2. The van der Waals surface area contributed by atoms with E-state index in [1.54, 1.807) is 87.0 Å². The molecule has 266 valence electrons. The van der Waals surface area contributed by atoms with E-state index in [0.717, 1.165) is 5.56 Å². The molecule has 0 aliphatic carbocycles. The van der Waals surface area contributed by atoms with Gasteiger partial charge in [0.15, 0.2) is 33.0 Å². The van der Waals surface area contributed by atoms with Gasteiger partial charge in [0.2, 0.25) is 5.90 Å². The van der Waals surface area contributed by atoms with Crippen LogP contribution in [-0.4, -0.2) is 70.6 Å². The summed E-state index contributed by atoms with van der Waals surface area (Å²) in [6.07, 6.45) is -0.534. The maximum atomic E-state index is 14.6. The van der Waals surface area contributed by atoms with E-state index in [1.165, 1.54) is 12.1 Å². The van der Waals surface area contributed by atoms with Crippen molar-refractivity contribution in [2.24, 2.45) is 10.1 Å². The molecule has 0 spiro atoms. The lowest BCUT2D eigenvalue weighted by molar-refractivity contribution is -0.129. The van der Waals surface area contributed by atoms with E-state index in [-0.39, 0.29) is 36.1 Å². The van der Waals surface area contributed by atoms with Crippen LogP contribution < -0.4 is 19.5 Å². The lowest BCUT2D eigenvalue weighted by Crippen LogP contribution is -2.49. The number of benzene rings is 4. The molecule has 4 aromatic carbocycles. The van der Waals surface area contributed by atoms with Gasteiger partial charge < -0.3 is 29.4 Å². The Balaban J connectivity index is 1.55. The average molecular weight is 714 g/mol. The number of carbonyl (C=O) groups excluding carboxylic acids is 1. The molecule has 2 atom stereocenters. The summed E-state index contributed by atoms with van der Waals surface area (Å²) in [6.45, 7) is 0.505. The Bertz CT molecular complexity index is 2000. The highest BCUT2D eigenvalue weighted by molar-refractivity contribution is 7.91. The number of nitrogens with zero attached hydrogens (tertiary/aromatic N) is 4. The summed E-state index contributed by atoms with van der Waals surface area (Å²) in [5.41, 5.74) is 9.54. The van der Waals surface area contributed by atoms with E-state index < -0.39 is 33.1 Å². The van der Waals surface area contributed by atoms with E-state index in [1.807, 2.05) is 12.1 Å². The zero-order valence-corrected chi connectivity index (χ0v) is 29.1. The largest absolute Gasteiger partial charge is 0.494 e. The summed E-state index contributed by atoms with van der Waals surface area (Å²) >= 11 is 0. The third kappa shape index (κ3) is 8.61. The molecular formula is C37H39N5O8S. The average Bonchev–Trinajstić information content (AvgIpc) is 3.56. The Morgan fingerprint density at radius 2 is 1.73 bits per heavy atom. The van der Waals surface area contributed by atoms with Crippen LogP contribution in [0.3, 0.4) is 0 Å². The fourth-order valence-electron chi connectivity index (χ4n) is 5.74. The van der Waals surface area contributed by atoms with Crippen LogP contribution in [0.2, 0.25) is 0 Å². The lowest BCUT2D eigenvalue weighted by atomic mass is 9.84. The van der Waals surface area contributed by atoms with Gasteiger partial charge in [-0.1, -0.05) is 53.6 Å². The fourth-order valence-corrected chi connectivity index (χ4v) is 7.13. The lowest BCUT2D eigenvalue weighted by Gasteiger charge is -2.31. The van der Waals surface area contributed by atoms with Gasteiger partial charge in [-0.3, -0.25) is 4.79 Å². The van der Waals surface area contributed by atoms with Crippen molar-refractivity contribution in [3.05, 3.63) is 124 Å². The highest BCUT2D eigenvalue weighted by Crippen LogP contribution is 2.46. The second kappa shape index (κ2) is 16.9. The second-order valence-corrected chi connectivity index (χ2v) is 13.7. The summed E-state index contributed by atoms with van der Waals surface area (Å²) < 4.78 is 50.2. The van der Waals surface area contributed by atoms with Crippen molar-refractivity contribution in [3.63, 3.8) is 0 Å². The molecule has 0 saturated heterocycles. The minimum absolute atomic E-state index is 0.000132. The number of ether oxygens (including phenoxy) is 4. The van der Waals surface area contributed by atoms with Gasteiger partial charge in [0, 0.05) is 47.7 Å². The van der Waals surface area contributed by atoms with Gasteiger partial charge in [-0.05, 0) is 66.0 Å². The van der Waals surface area contributed by atoms with E-state index in [2.05, 4.69) is 15.3 Å². The maximum absolute atomic E-state index is 14.6. The van der Waals surface area contributed by atoms with Crippen molar-refractivity contribution in [2.75, 3.05) is 39.7 Å². The number of hydrogen-bond acceptors (Lipinski definition) is 10. The van der Waals surface area contributed by atoms with Crippen LogP contribution in [0.25, 0.3) is 10.4 Å². The summed E-state index contributed by atoms with van der Waals surface area (Å²) in [5, 5.41) is 15.9. The Morgan fingerprint density at radius 1 is 1.00 bits per heavy atom. The van der Waals surface area contributed by atoms with Crippen LogP contribution in [-0.2, 0) is 25.8 Å². The van der Waals surface area contributed by atoms with Gasteiger partial charge in [-0.25, -0.2) is 13.4 Å². The summed E-state index contributed by atoms with van der Waals surface area (Å²) in [5.74, 6) is 0.778. The molecule has 4 aromatic rings. The van der Waals surface area contributed by atoms with Gasteiger partial charge in [0.1, 0.15) is 5.75 Å². The van der Waals surface area contributed by atoms with E-state index in [0.29, 0.717) is 47.8 Å². The summed E-state index contributed by atoms with van der Waals surface area (Å²) in [7, 11) is -0.781. The molecular weight excluding hydrogens is 675 g/mol. The zero-order valence-electron chi connectivity index (χ0n) is 28.3. The quantitative estimate of drug-likeness (QED) is 0.0588. The minimum atomic E-state index is -3.87. The Labute approximate surface area is 296 Å².